The third kappa shape index (κ3) is 3.76. The number of carboxylic acid groups (broad SMARTS) is 1. The Bertz CT molecular complexity index is 477. The number of urea groups is 1. The number of aryl methyl sites for hydroxylation is 1. The molecule has 1 heterocycles. The number of carboxylic acids is 1. The van der Waals surface area contributed by atoms with Crippen LogP contribution in [0.1, 0.15) is 37.2 Å². The van der Waals surface area contributed by atoms with Crippen LogP contribution in [0.15, 0.2) is 16.5 Å². The molecule has 20 heavy (non-hydrogen) atoms. The highest BCUT2D eigenvalue weighted by Crippen LogP contribution is 2.23. The smallest absolute Gasteiger partial charge is 0.323 e. The number of furan rings is 1. The van der Waals surface area contributed by atoms with Crippen molar-refractivity contribution in [3.05, 3.63) is 23.7 Å². The standard InChI is InChI=1S/C14H20N2O4/c1-10-6-7-12(20-10)8-15-14(19)16(9-13(17)18)11-4-2-3-5-11/h6-7,11H,2-5,8-9H2,1H3,(H,15,19)(H,17,18). The first kappa shape index (κ1) is 14.4. The van der Waals surface area contributed by atoms with Gasteiger partial charge in [0.05, 0.1) is 6.54 Å². The van der Waals surface area contributed by atoms with Gasteiger partial charge in [0, 0.05) is 6.04 Å². The van der Waals surface area contributed by atoms with Crippen LogP contribution >= 0.6 is 0 Å². The molecule has 0 atom stereocenters. The molecule has 0 radical (unpaired) electrons. The van der Waals surface area contributed by atoms with E-state index < -0.39 is 5.97 Å². The van der Waals surface area contributed by atoms with Crippen LogP contribution in [-0.4, -0.2) is 34.6 Å². The van der Waals surface area contributed by atoms with Crippen molar-refractivity contribution in [2.75, 3.05) is 6.54 Å². The van der Waals surface area contributed by atoms with Gasteiger partial charge in [0.1, 0.15) is 18.1 Å². The van der Waals surface area contributed by atoms with E-state index in [-0.39, 0.29) is 25.2 Å². The second-order valence-electron chi connectivity index (χ2n) is 5.13. The summed E-state index contributed by atoms with van der Waals surface area (Å²) in [6.45, 7) is 1.85. The third-order valence-electron chi connectivity index (χ3n) is 3.54. The van der Waals surface area contributed by atoms with E-state index in [9.17, 15) is 9.59 Å². The number of aliphatic carboxylic acids is 1. The fourth-order valence-electron chi connectivity index (χ4n) is 2.57. The summed E-state index contributed by atoms with van der Waals surface area (Å²) < 4.78 is 5.37. The van der Waals surface area contributed by atoms with Gasteiger partial charge in [-0.2, -0.15) is 0 Å². The highest BCUT2D eigenvalue weighted by Gasteiger charge is 2.28. The molecule has 1 fully saturated rings. The summed E-state index contributed by atoms with van der Waals surface area (Å²) in [7, 11) is 0. The number of hydrogen-bond donors (Lipinski definition) is 2. The predicted octanol–water partition coefficient (Wildman–Crippen LogP) is 2.13. The summed E-state index contributed by atoms with van der Waals surface area (Å²) in [5, 5.41) is 11.7. The van der Waals surface area contributed by atoms with Crippen molar-refractivity contribution < 1.29 is 19.1 Å². The van der Waals surface area contributed by atoms with Gasteiger partial charge >= 0.3 is 12.0 Å². The molecule has 2 rings (SSSR count). The molecule has 1 aromatic rings. The van der Waals surface area contributed by atoms with Crippen LogP contribution in [0.5, 0.6) is 0 Å². The van der Waals surface area contributed by atoms with Crippen LogP contribution in [0.3, 0.4) is 0 Å². The summed E-state index contributed by atoms with van der Waals surface area (Å²) in [4.78, 5) is 24.5. The van der Waals surface area contributed by atoms with Crippen LogP contribution in [0.2, 0.25) is 0 Å². The van der Waals surface area contributed by atoms with Crippen LogP contribution in [-0.2, 0) is 11.3 Å². The minimum atomic E-state index is -0.985. The average molecular weight is 280 g/mol. The molecule has 1 aromatic heterocycles. The number of hydrogen-bond acceptors (Lipinski definition) is 3. The number of nitrogens with one attached hydrogen (secondary N) is 1. The second-order valence-corrected chi connectivity index (χ2v) is 5.13. The van der Waals surface area contributed by atoms with E-state index in [1.807, 2.05) is 13.0 Å². The fourth-order valence-corrected chi connectivity index (χ4v) is 2.57. The molecule has 6 nitrogen and oxygen atoms in total. The molecule has 2 amide bonds. The molecular weight excluding hydrogens is 260 g/mol. The molecule has 1 saturated carbocycles. The molecule has 110 valence electrons. The Labute approximate surface area is 117 Å². The summed E-state index contributed by atoms with van der Waals surface area (Å²) >= 11 is 0. The zero-order valence-corrected chi connectivity index (χ0v) is 11.6. The normalized spacial score (nSPS) is 15.2. The monoisotopic (exact) mass is 280 g/mol. The van der Waals surface area contributed by atoms with E-state index in [2.05, 4.69) is 5.32 Å². The van der Waals surface area contributed by atoms with Crippen molar-refractivity contribution in [2.45, 2.75) is 45.2 Å². The van der Waals surface area contributed by atoms with Gasteiger partial charge in [-0.3, -0.25) is 4.79 Å². The lowest BCUT2D eigenvalue weighted by molar-refractivity contribution is -0.138. The maximum Gasteiger partial charge on any atom is 0.323 e. The Morgan fingerprint density at radius 2 is 2.10 bits per heavy atom. The zero-order chi connectivity index (χ0) is 14.5. The first-order valence-corrected chi connectivity index (χ1v) is 6.88. The van der Waals surface area contributed by atoms with Gasteiger partial charge in [-0.05, 0) is 31.9 Å². The molecular formula is C14H20N2O4. The number of carbonyl (C=O) groups excluding carboxylic acids is 1. The maximum atomic E-state index is 12.2. The third-order valence-corrected chi connectivity index (χ3v) is 3.54. The zero-order valence-electron chi connectivity index (χ0n) is 11.6. The molecule has 0 saturated heterocycles. The van der Waals surface area contributed by atoms with Crippen LogP contribution < -0.4 is 5.32 Å². The Morgan fingerprint density at radius 3 is 2.65 bits per heavy atom. The van der Waals surface area contributed by atoms with Gasteiger partial charge in [0.2, 0.25) is 0 Å². The summed E-state index contributed by atoms with van der Waals surface area (Å²) in [6, 6.07) is 3.32. The van der Waals surface area contributed by atoms with Crippen molar-refractivity contribution in [1.29, 1.82) is 0 Å². The molecule has 1 aliphatic rings. The van der Waals surface area contributed by atoms with Crippen LogP contribution in [0.25, 0.3) is 0 Å². The highest BCUT2D eigenvalue weighted by molar-refractivity contribution is 5.80. The first-order chi connectivity index (χ1) is 9.56. The first-order valence-electron chi connectivity index (χ1n) is 6.88. The molecule has 0 aliphatic heterocycles. The van der Waals surface area contributed by atoms with Crippen molar-refractivity contribution in [2.24, 2.45) is 0 Å². The van der Waals surface area contributed by atoms with E-state index in [0.29, 0.717) is 5.76 Å². The Balaban J connectivity index is 1.93. The summed E-state index contributed by atoms with van der Waals surface area (Å²) in [6.07, 6.45) is 3.85. The van der Waals surface area contributed by atoms with Gasteiger partial charge in [0.15, 0.2) is 0 Å². The molecule has 0 unspecified atom stereocenters. The van der Waals surface area contributed by atoms with Crippen molar-refractivity contribution >= 4 is 12.0 Å². The van der Waals surface area contributed by atoms with Gasteiger partial charge in [-0.25, -0.2) is 4.79 Å². The molecule has 1 aliphatic carbocycles. The largest absolute Gasteiger partial charge is 0.480 e. The van der Waals surface area contributed by atoms with Gasteiger partial charge in [0.25, 0.3) is 0 Å². The SMILES string of the molecule is Cc1ccc(CNC(=O)N(CC(=O)O)C2CCCC2)o1. The quantitative estimate of drug-likeness (QED) is 0.865. The van der Waals surface area contributed by atoms with Crippen molar-refractivity contribution in [3.63, 3.8) is 0 Å². The summed E-state index contributed by atoms with van der Waals surface area (Å²) in [5.41, 5.74) is 0. The maximum absolute atomic E-state index is 12.2. The van der Waals surface area contributed by atoms with E-state index in [0.717, 1.165) is 31.4 Å². The molecule has 0 aromatic carbocycles. The molecule has 0 bridgehead atoms. The van der Waals surface area contributed by atoms with Crippen LogP contribution in [0.4, 0.5) is 4.79 Å². The lowest BCUT2D eigenvalue weighted by atomic mass is 10.2. The number of rotatable bonds is 5. The van der Waals surface area contributed by atoms with Crippen LogP contribution in [0, 0.1) is 6.92 Å². The summed E-state index contributed by atoms with van der Waals surface area (Å²) in [5.74, 6) is 0.464. The van der Waals surface area contributed by atoms with Gasteiger partial charge in [-0.15, -0.1) is 0 Å². The average Bonchev–Trinajstić information content (AvgIpc) is 3.04. The van der Waals surface area contributed by atoms with Gasteiger partial charge in [-0.1, -0.05) is 12.8 Å². The minimum absolute atomic E-state index is 0.0319. The number of amides is 2. The topological polar surface area (TPSA) is 82.8 Å². The lowest BCUT2D eigenvalue weighted by Gasteiger charge is -2.27. The van der Waals surface area contributed by atoms with Crippen molar-refractivity contribution in [3.8, 4) is 0 Å². The minimum Gasteiger partial charge on any atom is -0.480 e. The number of nitrogens with zero attached hydrogens (tertiary/aromatic N) is 1. The van der Waals surface area contributed by atoms with E-state index in [4.69, 9.17) is 9.52 Å². The lowest BCUT2D eigenvalue weighted by Crippen LogP contribution is -2.47. The Hall–Kier alpha value is -1.98. The Kier molecular flexibility index (Phi) is 4.65. The highest BCUT2D eigenvalue weighted by atomic mass is 16.4. The Morgan fingerprint density at radius 1 is 1.40 bits per heavy atom. The van der Waals surface area contributed by atoms with Gasteiger partial charge < -0.3 is 19.7 Å². The fraction of sp³-hybridized carbons (Fsp3) is 0.571. The van der Waals surface area contributed by atoms with E-state index >= 15 is 0 Å². The molecule has 0 spiro atoms. The second kappa shape index (κ2) is 6.45. The molecule has 6 heteroatoms. The van der Waals surface area contributed by atoms with E-state index in [1.165, 1.54) is 4.90 Å². The molecule has 2 N–H and O–H groups in total. The predicted molar refractivity (Wildman–Crippen MR) is 72.3 cm³/mol. The van der Waals surface area contributed by atoms with E-state index in [1.54, 1.807) is 6.07 Å². The van der Waals surface area contributed by atoms with Crippen molar-refractivity contribution in [1.82, 2.24) is 10.2 Å². The number of carbonyl (C=O) groups is 2.